The smallest absolute Gasteiger partial charge is 0.354 e. The summed E-state index contributed by atoms with van der Waals surface area (Å²) in [6.45, 7) is 0.0583. The lowest BCUT2D eigenvalue weighted by Crippen LogP contribution is -2.38. The highest BCUT2D eigenvalue weighted by Gasteiger charge is 2.39. The predicted molar refractivity (Wildman–Crippen MR) is 138 cm³/mol. The molecule has 1 fully saturated rings. The molecule has 208 valence electrons. The predicted octanol–water partition coefficient (Wildman–Crippen LogP) is 4.76. The van der Waals surface area contributed by atoms with E-state index in [9.17, 15) is 22.8 Å². The summed E-state index contributed by atoms with van der Waals surface area (Å²) in [6.07, 6.45) is -0.999. The van der Waals surface area contributed by atoms with Crippen molar-refractivity contribution in [2.75, 3.05) is 13.1 Å². The van der Waals surface area contributed by atoms with E-state index in [1.807, 2.05) is 30.3 Å². The van der Waals surface area contributed by atoms with Gasteiger partial charge in [-0.05, 0) is 49.9 Å². The molecule has 4 aromatic rings. The molecule has 9 nitrogen and oxygen atoms in total. The zero-order chi connectivity index (χ0) is 28.1. The van der Waals surface area contributed by atoms with Crippen LogP contribution in [0.1, 0.15) is 53.5 Å². The topological polar surface area (TPSA) is 115 Å². The van der Waals surface area contributed by atoms with Crippen LogP contribution in [0.5, 0.6) is 0 Å². The fourth-order valence-electron chi connectivity index (χ4n) is 4.78. The Hall–Kier alpha value is -4.48. The summed E-state index contributed by atoms with van der Waals surface area (Å²) < 4.78 is 47.0. The fraction of sp³-hybridized carbons (Fsp3) is 0.321. The number of aromatic nitrogens is 4. The minimum Gasteiger partial charge on any atom is -0.354 e. The number of nitrogens with one attached hydrogen (secondary N) is 2. The molecule has 0 atom stereocenters. The van der Waals surface area contributed by atoms with Crippen molar-refractivity contribution in [3.05, 3.63) is 83.9 Å². The van der Waals surface area contributed by atoms with Gasteiger partial charge in [0, 0.05) is 36.7 Å². The molecular weight excluding hydrogens is 525 g/mol. The molecule has 12 heteroatoms. The molecule has 1 aliphatic carbocycles. The van der Waals surface area contributed by atoms with Crippen LogP contribution < -0.4 is 10.6 Å². The van der Waals surface area contributed by atoms with Crippen LogP contribution >= 0.6 is 0 Å². The summed E-state index contributed by atoms with van der Waals surface area (Å²) in [5, 5.41) is 12.9. The SMILES string of the molecule is O=C(NCCNC(=O)C1CCC(c2noc(-c3ccccc3)n2)CC1)c1cn(-c2ccccc2)nc1C(F)(F)F. The highest BCUT2D eigenvalue weighted by molar-refractivity contribution is 5.95. The van der Waals surface area contributed by atoms with E-state index in [-0.39, 0.29) is 30.8 Å². The summed E-state index contributed by atoms with van der Waals surface area (Å²) >= 11 is 0. The normalized spacial score (nSPS) is 17.4. The van der Waals surface area contributed by atoms with Gasteiger partial charge in [0.2, 0.25) is 5.91 Å². The van der Waals surface area contributed by atoms with Crippen LogP contribution in [0.2, 0.25) is 0 Å². The third kappa shape index (κ3) is 6.22. The van der Waals surface area contributed by atoms with Crippen LogP contribution in [-0.2, 0) is 11.0 Å². The number of hydrogen-bond acceptors (Lipinski definition) is 6. The second kappa shape index (κ2) is 11.7. The minimum atomic E-state index is -4.80. The monoisotopic (exact) mass is 552 g/mol. The summed E-state index contributed by atoms with van der Waals surface area (Å²) in [5.74, 6) is -0.0722. The minimum absolute atomic E-state index is 0.0289. The number of carbonyl (C=O) groups excluding carboxylic acids is 2. The van der Waals surface area contributed by atoms with Crippen molar-refractivity contribution in [1.82, 2.24) is 30.6 Å². The fourth-order valence-corrected chi connectivity index (χ4v) is 4.78. The Balaban J connectivity index is 1.09. The maximum Gasteiger partial charge on any atom is 0.435 e. The Bertz CT molecular complexity index is 1440. The third-order valence-corrected chi connectivity index (χ3v) is 6.88. The lowest BCUT2D eigenvalue weighted by molar-refractivity contribution is -0.141. The van der Waals surface area contributed by atoms with Gasteiger partial charge in [-0.3, -0.25) is 9.59 Å². The lowest BCUT2D eigenvalue weighted by Gasteiger charge is -2.25. The molecule has 0 bridgehead atoms. The van der Waals surface area contributed by atoms with Gasteiger partial charge in [0.25, 0.3) is 11.8 Å². The average molecular weight is 553 g/mol. The van der Waals surface area contributed by atoms with E-state index in [4.69, 9.17) is 4.52 Å². The molecule has 2 amide bonds. The first-order valence-corrected chi connectivity index (χ1v) is 13.0. The van der Waals surface area contributed by atoms with Crippen molar-refractivity contribution in [2.24, 2.45) is 5.92 Å². The van der Waals surface area contributed by atoms with Gasteiger partial charge in [-0.1, -0.05) is 41.6 Å². The van der Waals surface area contributed by atoms with Crippen LogP contribution in [0.4, 0.5) is 13.2 Å². The Kier molecular flexibility index (Phi) is 7.94. The molecule has 1 saturated carbocycles. The molecule has 0 spiro atoms. The average Bonchev–Trinajstić information content (AvgIpc) is 3.65. The number of hydrogen-bond donors (Lipinski definition) is 2. The van der Waals surface area contributed by atoms with Crippen LogP contribution in [-0.4, -0.2) is 44.8 Å². The number of para-hydroxylation sites is 1. The Labute approximate surface area is 227 Å². The molecular formula is C28H27F3N6O3. The van der Waals surface area contributed by atoms with Crippen LogP contribution in [0, 0.1) is 5.92 Å². The van der Waals surface area contributed by atoms with Gasteiger partial charge in [0.05, 0.1) is 11.3 Å². The second-order valence-electron chi connectivity index (χ2n) is 9.59. The van der Waals surface area contributed by atoms with Gasteiger partial charge in [0.1, 0.15) is 0 Å². The zero-order valence-corrected chi connectivity index (χ0v) is 21.4. The van der Waals surface area contributed by atoms with E-state index >= 15 is 0 Å². The van der Waals surface area contributed by atoms with Crippen LogP contribution in [0.3, 0.4) is 0 Å². The van der Waals surface area contributed by atoms with Gasteiger partial charge in [0.15, 0.2) is 11.5 Å². The maximum atomic E-state index is 13.5. The molecule has 2 aromatic heterocycles. The van der Waals surface area contributed by atoms with Crippen molar-refractivity contribution in [3.8, 4) is 17.1 Å². The summed E-state index contributed by atoms with van der Waals surface area (Å²) in [4.78, 5) is 29.7. The number of carbonyl (C=O) groups is 2. The number of benzene rings is 2. The zero-order valence-electron chi connectivity index (χ0n) is 21.4. The van der Waals surface area contributed by atoms with Crippen molar-refractivity contribution < 1.29 is 27.3 Å². The van der Waals surface area contributed by atoms with Crippen molar-refractivity contribution in [2.45, 2.75) is 37.8 Å². The van der Waals surface area contributed by atoms with E-state index < -0.39 is 23.3 Å². The van der Waals surface area contributed by atoms with E-state index in [2.05, 4.69) is 25.9 Å². The summed E-state index contributed by atoms with van der Waals surface area (Å²) in [6, 6.07) is 17.7. The van der Waals surface area contributed by atoms with E-state index in [1.165, 1.54) is 0 Å². The van der Waals surface area contributed by atoms with Crippen molar-refractivity contribution >= 4 is 11.8 Å². The van der Waals surface area contributed by atoms with E-state index in [1.54, 1.807) is 30.3 Å². The molecule has 0 unspecified atom stereocenters. The molecule has 0 radical (unpaired) electrons. The largest absolute Gasteiger partial charge is 0.435 e. The van der Waals surface area contributed by atoms with E-state index in [0.29, 0.717) is 30.2 Å². The van der Waals surface area contributed by atoms with Gasteiger partial charge in [-0.2, -0.15) is 23.3 Å². The van der Waals surface area contributed by atoms with Crippen molar-refractivity contribution in [3.63, 3.8) is 0 Å². The quantitative estimate of drug-likeness (QED) is 0.305. The third-order valence-electron chi connectivity index (χ3n) is 6.88. The van der Waals surface area contributed by atoms with Crippen LogP contribution in [0.25, 0.3) is 17.1 Å². The number of alkyl halides is 3. The Morgan fingerprint density at radius 3 is 2.25 bits per heavy atom. The molecule has 2 aromatic carbocycles. The van der Waals surface area contributed by atoms with Crippen molar-refractivity contribution in [1.29, 1.82) is 0 Å². The highest BCUT2D eigenvalue weighted by atomic mass is 19.4. The first-order chi connectivity index (χ1) is 19.3. The molecule has 0 saturated heterocycles. The molecule has 2 heterocycles. The lowest BCUT2D eigenvalue weighted by atomic mass is 9.81. The van der Waals surface area contributed by atoms with Gasteiger partial charge in [-0.25, -0.2) is 4.68 Å². The molecule has 2 N–H and O–H groups in total. The van der Waals surface area contributed by atoms with E-state index in [0.717, 1.165) is 29.3 Å². The molecule has 40 heavy (non-hydrogen) atoms. The number of nitrogens with zero attached hydrogens (tertiary/aromatic N) is 4. The summed E-state index contributed by atoms with van der Waals surface area (Å²) in [7, 11) is 0. The molecule has 1 aliphatic rings. The Morgan fingerprint density at radius 1 is 0.925 bits per heavy atom. The van der Waals surface area contributed by atoms with Gasteiger partial charge < -0.3 is 15.2 Å². The first-order valence-electron chi connectivity index (χ1n) is 13.0. The molecule has 0 aliphatic heterocycles. The van der Waals surface area contributed by atoms with Gasteiger partial charge in [-0.15, -0.1) is 0 Å². The highest BCUT2D eigenvalue weighted by Crippen LogP contribution is 2.35. The standard InChI is InChI=1S/C28H27F3N6O3/c29-28(30,31)23-22(17-37(35-23)21-9-5-2-6-10-21)26(39)33-16-15-32-25(38)19-13-11-18(12-14-19)24-34-27(40-36-24)20-7-3-1-4-8-20/h1-10,17-19H,11-16H2,(H,32,38)(H,33,39). The number of amides is 2. The second-order valence-corrected chi connectivity index (χ2v) is 9.59. The molecule has 5 rings (SSSR count). The van der Waals surface area contributed by atoms with Gasteiger partial charge >= 0.3 is 6.18 Å². The maximum absolute atomic E-state index is 13.5. The number of rotatable bonds is 8. The summed E-state index contributed by atoms with van der Waals surface area (Å²) in [5.41, 5.74) is -0.615. The van der Waals surface area contributed by atoms with Crippen LogP contribution in [0.15, 0.2) is 71.4 Å². The number of halogens is 3. The first kappa shape index (κ1) is 27.1. The Morgan fingerprint density at radius 2 is 1.57 bits per heavy atom.